The first-order valence-electron chi connectivity index (χ1n) is 4.03. The lowest BCUT2D eigenvalue weighted by atomic mass is 10.2. The van der Waals surface area contributed by atoms with Gasteiger partial charge in [0.25, 0.3) is 0 Å². The van der Waals surface area contributed by atoms with Crippen LogP contribution in [-0.2, 0) is 0 Å². The summed E-state index contributed by atoms with van der Waals surface area (Å²) in [5.41, 5.74) is 0.0222. The summed E-state index contributed by atoms with van der Waals surface area (Å²) >= 11 is 5.38. The topological polar surface area (TPSA) is 0 Å². The van der Waals surface area contributed by atoms with Gasteiger partial charge in [-0.3, -0.25) is 0 Å². The Hall–Kier alpha value is -0.960. The molecule has 0 spiro atoms. The van der Waals surface area contributed by atoms with Gasteiger partial charge in [0.15, 0.2) is 17.5 Å². The smallest absolute Gasteiger partial charge is 0.195 e. The molecule has 14 heavy (non-hydrogen) atoms. The minimum absolute atomic E-state index is 0.0222. The van der Waals surface area contributed by atoms with Gasteiger partial charge in [0, 0.05) is 11.4 Å². The molecule has 0 saturated heterocycles. The van der Waals surface area contributed by atoms with Gasteiger partial charge in [-0.15, -0.1) is 11.6 Å². The van der Waals surface area contributed by atoms with E-state index >= 15 is 0 Å². The molecule has 0 radical (unpaired) electrons. The first-order valence-corrected chi connectivity index (χ1v) is 4.56. The van der Waals surface area contributed by atoms with Crippen LogP contribution in [-0.4, -0.2) is 5.88 Å². The molecule has 1 rings (SSSR count). The summed E-state index contributed by atoms with van der Waals surface area (Å²) in [5.74, 6) is -3.40. The van der Waals surface area contributed by atoms with Crippen LogP contribution in [0.1, 0.15) is 12.0 Å². The molecule has 1 aromatic rings. The maximum absolute atomic E-state index is 13.0. The highest BCUT2D eigenvalue weighted by atomic mass is 35.5. The predicted octanol–water partition coefficient (Wildman–Crippen LogP) is 3.75. The predicted molar refractivity (Wildman–Crippen MR) is 50.7 cm³/mol. The molecular formula is C10H8ClF3. The van der Waals surface area contributed by atoms with Gasteiger partial charge in [-0.05, 0) is 18.6 Å². The maximum Gasteiger partial charge on any atom is 0.195 e. The van der Waals surface area contributed by atoms with E-state index in [1.54, 1.807) is 6.08 Å². The van der Waals surface area contributed by atoms with Gasteiger partial charge in [-0.1, -0.05) is 12.2 Å². The molecule has 0 atom stereocenters. The number of alkyl halides is 1. The van der Waals surface area contributed by atoms with Crippen molar-refractivity contribution >= 4 is 17.7 Å². The molecule has 0 fully saturated rings. The number of halogens is 4. The van der Waals surface area contributed by atoms with Crippen LogP contribution in [0.25, 0.3) is 6.08 Å². The molecule has 0 aliphatic heterocycles. The van der Waals surface area contributed by atoms with E-state index in [4.69, 9.17) is 11.6 Å². The van der Waals surface area contributed by atoms with Crippen molar-refractivity contribution in [2.75, 3.05) is 5.88 Å². The molecule has 0 unspecified atom stereocenters. The molecule has 4 heteroatoms. The van der Waals surface area contributed by atoms with E-state index in [0.717, 1.165) is 6.07 Å². The van der Waals surface area contributed by atoms with E-state index in [9.17, 15) is 13.2 Å². The highest BCUT2D eigenvalue weighted by Gasteiger charge is 2.10. The molecule has 1 aromatic carbocycles. The standard InChI is InChI=1S/C10H8ClF3/c11-6-2-1-3-7-4-5-8(12)10(14)9(7)13/h1,3-5H,2,6H2. The number of hydrogen-bond donors (Lipinski definition) is 0. The Labute approximate surface area is 85.0 Å². The lowest BCUT2D eigenvalue weighted by Gasteiger charge is -1.98. The summed E-state index contributed by atoms with van der Waals surface area (Å²) in [6, 6.07) is 2.07. The van der Waals surface area contributed by atoms with Crippen LogP contribution in [0, 0.1) is 17.5 Å². The van der Waals surface area contributed by atoms with Gasteiger partial charge in [-0.25, -0.2) is 13.2 Å². The summed E-state index contributed by atoms with van der Waals surface area (Å²) in [5, 5.41) is 0. The zero-order chi connectivity index (χ0) is 10.6. The fraction of sp³-hybridized carbons (Fsp3) is 0.200. The molecule has 0 nitrogen and oxygen atoms in total. The molecule has 0 aliphatic carbocycles. The average Bonchev–Trinajstić information content (AvgIpc) is 2.18. The van der Waals surface area contributed by atoms with Crippen LogP contribution in [0.4, 0.5) is 13.2 Å². The monoisotopic (exact) mass is 220 g/mol. The molecule has 76 valence electrons. The molecule has 0 N–H and O–H groups in total. The van der Waals surface area contributed by atoms with Crippen molar-refractivity contribution in [3.05, 3.63) is 41.2 Å². The van der Waals surface area contributed by atoms with E-state index < -0.39 is 17.5 Å². The zero-order valence-electron chi connectivity index (χ0n) is 7.24. The second-order valence-corrected chi connectivity index (χ2v) is 3.02. The first kappa shape index (κ1) is 11.1. The number of rotatable bonds is 3. The Kier molecular flexibility index (Phi) is 4.01. The zero-order valence-corrected chi connectivity index (χ0v) is 7.99. The minimum Gasteiger partial charge on any atom is -0.204 e. The summed E-state index contributed by atoms with van der Waals surface area (Å²) in [6.07, 6.45) is 3.53. The van der Waals surface area contributed by atoms with Gasteiger partial charge in [0.1, 0.15) is 0 Å². The van der Waals surface area contributed by atoms with E-state index in [1.165, 1.54) is 12.1 Å². The van der Waals surface area contributed by atoms with Crippen molar-refractivity contribution < 1.29 is 13.2 Å². The van der Waals surface area contributed by atoms with Crippen LogP contribution < -0.4 is 0 Å². The SMILES string of the molecule is Fc1ccc(C=CCCCl)c(F)c1F. The Morgan fingerprint density at radius 2 is 1.86 bits per heavy atom. The van der Waals surface area contributed by atoms with E-state index in [2.05, 4.69) is 0 Å². The summed E-state index contributed by atoms with van der Waals surface area (Å²) < 4.78 is 38.2. The largest absolute Gasteiger partial charge is 0.204 e. The van der Waals surface area contributed by atoms with Crippen LogP contribution in [0.5, 0.6) is 0 Å². The van der Waals surface area contributed by atoms with E-state index in [1.807, 2.05) is 0 Å². The van der Waals surface area contributed by atoms with Gasteiger partial charge in [-0.2, -0.15) is 0 Å². The molecule has 0 bridgehead atoms. The van der Waals surface area contributed by atoms with Gasteiger partial charge in [0.2, 0.25) is 0 Å². The normalized spacial score (nSPS) is 11.1. The fourth-order valence-electron chi connectivity index (χ4n) is 0.943. The maximum atomic E-state index is 13.0. The van der Waals surface area contributed by atoms with Crippen molar-refractivity contribution in [2.45, 2.75) is 6.42 Å². The Bertz CT molecular complexity index is 347. The molecule has 0 heterocycles. The van der Waals surface area contributed by atoms with E-state index in [0.29, 0.717) is 12.3 Å². The Morgan fingerprint density at radius 1 is 1.14 bits per heavy atom. The van der Waals surface area contributed by atoms with Crippen LogP contribution in [0.15, 0.2) is 18.2 Å². The van der Waals surface area contributed by atoms with Gasteiger partial charge in [0.05, 0.1) is 0 Å². The van der Waals surface area contributed by atoms with Crippen LogP contribution in [0.2, 0.25) is 0 Å². The van der Waals surface area contributed by atoms with Crippen LogP contribution in [0.3, 0.4) is 0 Å². The molecule has 0 aromatic heterocycles. The van der Waals surface area contributed by atoms with Crippen molar-refractivity contribution in [1.82, 2.24) is 0 Å². The number of benzene rings is 1. The van der Waals surface area contributed by atoms with Crippen LogP contribution >= 0.6 is 11.6 Å². The lowest BCUT2D eigenvalue weighted by molar-refractivity contribution is 0.446. The summed E-state index contributed by atoms with van der Waals surface area (Å²) in [7, 11) is 0. The Morgan fingerprint density at radius 3 is 2.50 bits per heavy atom. The summed E-state index contributed by atoms with van der Waals surface area (Å²) in [6.45, 7) is 0. The molecule has 0 amide bonds. The molecule has 0 saturated carbocycles. The molecular weight excluding hydrogens is 213 g/mol. The fourth-order valence-corrected chi connectivity index (χ4v) is 1.07. The minimum atomic E-state index is -1.45. The van der Waals surface area contributed by atoms with Crippen molar-refractivity contribution in [3.63, 3.8) is 0 Å². The third kappa shape index (κ3) is 2.51. The number of allylic oxidation sites excluding steroid dienone is 1. The third-order valence-electron chi connectivity index (χ3n) is 1.64. The third-order valence-corrected chi connectivity index (χ3v) is 1.86. The van der Waals surface area contributed by atoms with Gasteiger partial charge < -0.3 is 0 Å². The van der Waals surface area contributed by atoms with Crippen molar-refractivity contribution in [1.29, 1.82) is 0 Å². The highest BCUT2D eigenvalue weighted by Crippen LogP contribution is 2.16. The summed E-state index contributed by atoms with van der Waals surface area (Å²) in [4.78, 5) is 0. The Balaban J connectivity index is 2.94. The van der Waals surface area contributed by atoms with Crippen molar-refractivity contribution in [3.8, 4) is 0 Å². The van der Waals surface area contributed by atoms with Gasteiger partial charge >= 0.3 is 0 Å². The molecule has 0 aliphatic rings. The second kappa shape index (κ2) is 5.05. The number of hydrogen-bond acceptors (Lipinski definition) is 0. The lowest BCUT2D eigenvalue weighted by Crippen LogP contribution is -1.92. The highest BCUT2D eigenvalue weighted by molar-refractivity contribution is 6.17. The quantitative estimate of drug-likeness (QED) is 0.538. The second-order valence-electron chi connectivity index (χ2n) is 2.64. The van der Waals surface area contributed by atoms with E-state index in [-0.39, 0.29) is 5.56 Å². The first-order chi connectivity index (χ1) is 6.66. The van der Waals surface area contributed by atoms with Crippen molar-refractivity contribution in [2.24, 2.45) is 0 Å². The average molecular weight is 221 g/mol.